The molecule has 158 valence electrons. The molecule has 0 unspecified atom stereocenters. The van der Waals surface area contributed by atoms with E-state index in [0.29, 0.717) is 13.2 Å². The minimum absolute atomic E-state index is 0.611. The Bertz CT molecular complexity index is 772. The van der Waals surface area contributed by atoms with Crippen molar-refractivity contribution in [2.24, 2.45) is 4.99 Å². The fourth-order valence-corrected chi connectivity index (χ4v) is 3.96. The summed E-state index contributed by atoms with van der Waals surface area (Å²) in [5.74, 6) is 1.73. The topological polar surface area (TPSA) is 58.1 Å². The first-order valence-electron chi connectivity index (χ1n) is 10.3. The highest BCUT2D eigenvalue weighted by Crippen LogP contribution is 2.16. The smallest absolute Gasteiger partial charge is 0.191 e. The van der Waals surface area contributed by atoms with Crippen molar-refractivity contribution >= 4 is 17.3 Å². The molecule has 1 saturated heterocycles. The van der Waals surface area contributed by atoms with Crippen molar-refractivity contribution in [1.82, 2.24) is 15.5 Å². The van der Waals surface area contributed by atoms with Crippen LogP contribution >= 0.6 is 11.3 Å². The molecule has 6 nitrogen and oxygen atoms in total. The first kappa shape index (κ1) is 21.6. The van der Waals surface area contributed by atoms with Crippen LogP contribution in [-0.4, -0.2) is 56.9 Å². The molecule has 1 aromatic carbocycles. The molecule has 0 spiro atoms. The predicted octanol–water partition coefficient (Wildman–Crippen LogP) is 3.02. The Morgan fingerprint density at radius 3 is 2.86 bits per heavy atom. The number of hydrogen-bond acceptors (Lipinski definition) is 5. The average Bonchev–Trinajstić information content (AvgIpc) is 3.16. The molecule has 0 amide bonds. The molecule has 0 atom stereocenters. The number of hydrogen-bond donors (Lipinski definition) is 2. The molecule has 2 aromatic rings. The molecule has 0 aliphatic carbocycles. The number of aryl methyl sites for hydroxylation is 1. The maximum absolute atomic E-state index is 5.95. The number of morpholine rings is 1. The monoisotopic (exact) mass is 416 g/mol. The highest BCUT2D eigenvalue weighted by atomic mass is 32.1. The molecule has 1 aliphatic rings. The molecule has 0 bridgehead atoms. The first-order valence-corrected chi connectivity index (χ1v) is 11.2. The summed E-state index contributed by atoms with van der Waals surface area (Å²) in [6.45, 7) is 11.7. The van der Waals surface area contributed by atoms with Crippen LogP contribution in [0.1, 0.15) is 22.9 Å². The maximum atomic E-state index is 5.95. The number of ether oxygens (including phenoxy) is 2. The Hall–Kier alpha value is -2.09. The summed E-state index contributed by atoms with van der Waals surface area (Å²) < 4.78 is 11.3. The third-order valence-corrected chi connectivity index (χ3v) is 5.85. The van der Waals surface area contributed by atoms with E-state index in [4.69, 9.17) is 14.5 Å². The van der Waals surface area contributed by atoms with Gasteiger partial charge in [0.05, 0.1) is 26.3 Å². The van der Waals surface area contributed by atoms with Crippen molar-refractivity contribution in [2.75, 3.05) is 46.0 Å². The predicted molar refractivity (Wildman–Crippen MR) is 120 cm³/mol. The Kier molecular flexibility index (Phi) is 8.80. The highest BCUT2D eigenvalue weighted by Gasteiger charge is 2.09. The van der Waals surface area contributed by atoms with Crippen LogP contribution in [0, 0.1) is 6.92 Å². The van der Waals surface area contributed by atoms with Crippen molar-refractivity contribution in [1.29, 1.82) is 0 Å². The average molecular weight is 417 g/mol. The van der Waals surface area contributed by atoms with Gasteiger partial charge in [-0.2, -0.15) is 0 Å². The van der Waals surface area contributed by atoms with E-state index in [1.54, 1.807) is 11.3 Å². The Labute approximate surface area is 177 Å². The SMILES string of the molecule is CCNC(=NCc1cccc(OCCN2CCOCC2)c1)NCc1sccc1C. The fourth-order valence-electron chi connectivity index (χ4n) is 3.11. The van der Waals surface area contributed by atoms with Crippen LogP contribution in [0.25, 0.3) is 0 Å². The van der Waals surface area contributed by atoms with Crippen molar-refractivity contribution in [3.05, 3.63) is 51.7 Å². The summed E-state index contributed by atoms with van der Waals surface area (Å²) >= 11 is 1.77. The van der Waals surface area contributed by atoms with E-state index in [1.807, 2.05) is 12.1 Å². The standard InChI is InChI=1S/C22H32N4O2S/c1-3-23-22(25-17-21-18(2)7-14-29-21)24-16-19-5-4-6-20(15-19)28-13-10-26-8-11-27-12-9-26/h4-7,14-15H,3,8-13,16-17H2,1-2H3,(H2,23,24,25). The van der Waals surface area contributed by atoms with Gasteiger partial charge in [0.2, 0.25) is 0 Å². The normalized spacial score (nSPS) is 15.3. The number of nitrogens with zero attached hydrogens (tertiary/aromatic N) is 2. The molecule has 7 heteroatoms. The zero-order valence-corrected chi connectivity index (χ0v) is 18.3. The van der Waals surface area contributed by atoms with Crippen molar-refractivity contribution in [3.63, 3.8) is 0 Å². The van der Waals surface area contributed by atoms with Gasteiger partial charge in [-0.1, -0.05) is 12.1 Å². The van der Waals surface area contributed by atoms with Crippen molar-refractivity contribution < 1.29 is 9.47 Å². The minimum atomic E-state index is 0.611. The largest absolute Gasteiger partial charge is 0.492 e. The fraction of sp³-hybridized carbons (Fsp3) is 0.500. The van der Waals surface area contributed by atoms with Gasteiger partial charge in [0, 0.05) is 31.1 Å². The van der Waals surface area contributed by atoms with Gasteiger partial charge in [0.25, 0.3) is 0 Å². The molecule has 2 heterocycles. The molecular weight excluding hydrogens is 384 g/mol. The number of guanidine groups is 1. The van der Waals surface area contributed by atoms with E-state index in [2.05, 4.69) is 53.0 Å². The van der Waals surface area contributed by atoms with Crippen LogP contribution in [0.5, 0.6) is 5.75 Å². The van der Waals surface area contributed by atoms with Crippen molar-refractivity contribution in [2.45, 2.75) is 26.9 Å². The molecule has 0 saturated carbocycles. The van der Waals surface area contributed by atoms with Crippen molar-refractivity contribution in [3.8, 4) is 5.75 Å². The van der Waals surface area contributed by atoms with Gasteiger partial charge in [-0.05, 0) is 48.6 Å². The van der Waals surface area contributed by atoms with Gasteiger partial charge in [-0.3, -0.25) is 4.90 Å². The van der Waals surface area contributed by atoms with Gasteiger partial charge in [0.15, 0.2) is 5.96 Å². The maximum Gasteiger partial charge on any atom is 0.191 e. The van der Waals surface area contributed by atoms with Crippen LogP contribution in [0.4, 0.5) is 0 Å². The lowest BCUT2D eigenvalue weighted by atomic mass is 10.2. The quantitative estimate of drug-likeness (QED) is 0.486. The number of rotatable bonds is 9. The van der Waals surface area contributed by atoms with Crippen LogP contribution < -0.4 is 15.4 Å². The van der Waals surface area contributed by atoms with E-state index in [1.165, 1.54) is 10.4 Å². The van der Waals surface area contributed by atoms with Gasteiger partial charge in [-0.25, -0.2) is 4.99 Å². The van der Waals surface area contributed by atoms with Crippen LogP contribution in [-0.2, 0) is 17.8 Å². The second-order valence-electron chi connectivity index (χ2n) is 7.03. The molecule has 1 aliphatic heterocycles. The van der Waals surface area contributed by atoms with Gasteiger partial charge < -0.3 is 20.1 Å². The second kappa shape index (κ2) is 11.8. The summed E-state index contributed by atoms with van der Waals surface area (Å²) in [5.41, 5.74) is 2.46. The lowest BCUT2D eigenvalue weighted by molar-refractivity contribution is 0.0322. The molecule has 3 rings (SSSR count). The van der Waals surface area contributed by atoms with Gasteiger partial charge in [0.1, 0.15) is 12.4 Å². The minimum Gasteiger partial charge on any atom is -0.492 e. The molecule has 0 radical (unpaired) electrons. The molecule has 1 fully saturated rings. The summed E-state index contributed by atoms with van der Waals surface area (Å²) in [6, 6.07) is 10.4. The van der Waals surface area contributed by atoms with E-state index >= 15 is 0 Å². The highest BCUT2D eigenvalue weighted by molar-refractivity contribution is 7.10. The second-order valence-corrected chi connectivity index (χ2v) is 8.03. The molecule has 1 aromatic heterocycles. The summed E-state index contributed by atoms with van der Waals surface area (Å²) in [5, 5.41) is 8.86. The van der Waals surface area contributed by atoms with E-state index in [0.717, 1.165) is 63.2 Å². The Morgan fingerprint density at radius 2 is 2.10 bits per heavy atom. The summed E-state index contributed by atoms with van der Waals surface area (Å²) in [7, 11) is 0. The third kappa shape index (κ3) is 7.34. The van der Waals surface area contributed by atoms with Crippen LogP contribution in [0.2, 0.25) is 0 Å². The number of aliphatic imine (C=N–C) groups is 1. The van der Waals surface area contributed by atoms with E-state index in [9.17, 15) is 0 Å². The lowest BCUT2D eigenvalue weighted by Crippen LogP contribution is -2.38. The Morgan fingerprint density at radius 1 is 1.24 bits per heavy atom. The number of nitrogens with one attached hydrogen (secondary N) is 2. The lowest BCUT2D eigenvalue weighted by Gasteiger charge is -2.26. The molecule has 2 N–H and O–H groups in total. The number of benzene rings is 1. The first-order chi connectivity index (χ1) is 14.2. The van der Waals surface area contributed by atoms with Crippen LogP contribution in [0.15, 0.2) is 40.7 Å². The van der Waals surface area contributed by atoms with E-state index < -0.39 is 0 Å². The summed E-state index contributed by atoms with van der Waals surface area (Å²) in [6.07, 6.45) is 0. The van der Waals surface area contributed by atoms with Gasteiger partial charge >= 0.3 is 0 Å². The molecular formula is C22H32N4O2S. The Balaban J connectivity index is 1.49. The third-order valence-electron chi connectivity index (χ3n) is 4.83. The molecule has 29 heavy (non-hydrogen) atoms. The zero-order chi connectivity index (χ0) is 20.3. The van der Waals surface area contributed by atoms with Gasteiger partial charge in [-0.15, -0.1) is 11.3 Å². The summed E-state index contributed by atoms with van der Waals surface area (Å²) in [4.78, 5) is 8.44. The van der Waals surface area contributed by atoms with Crippen LogP contribution in [0.3, 0.4) is 0 Å². The number of thiophene rings is 1. The zero-order valence-electron chi connectivity index (χ0n) is 17.4. The van der Waals surface area contributed by atoms with E-state index in [-0.39, 0.29) is 0 Å².